The van der Waals surface area contributed by atoms with Crippen molar-refractivity contribution in [3.8, 4) is 17.3 Å². The van der Waals surface area contributed by atoms with E-state index in [4.69, 9.17) is 16.9 Å². The molecular formula is C12H7ClIN3OS. The van der Waals surface area contributed by atoms with Crippen molar-refractivity contribution >= 4 is 46.0 Å². The van der Waals surface area contributed by atoms with Gasteiger partial charge in [0.25, 0.3) is 5.56 Å². The predicted molar refractivity (Wildman–Crippen MR) is 84.5 cm³/mol. The maximum absolute atomic E-state index is 11.9. The first kappa shape index (κ1) is 14.4. The minimum Gasteiger partial charge on any atom is -0.300 e. The smallest absolute Gasteiger partial charge is 0.270 e. The van der Waals surface area contributed by atoms with Crippen LogP contribution in [0.15, 0.2) is 28.2 Å². The number of hydrogen-bond donors (Lipinski definition) is 1. The van der Waals surface area contributed by atoms with Crippen molar-refractivity contribution < 1.29 is 0 Å². The highest BCUT2D eigenvalue weighted by Crippen LogP contribution is 2.30. The quantitative estimate of drug-likeness (QED) is 0.475. The van der Waals surface area contributed by atoms with Crippen LogP contribution in [-0.4, -0.2) is 16.2 Å². The molecule has 0 spiro atoms. The first-order valence-electron chi connectivity index (χ1n) is 5.11. The van der Waals surface area contributed by atoms with Gasteiger partial charge in [-0.2, -0.15) is 5.26 Å². The van der Waals surface area contributed by atoms with Crippen LogP contribution in [0.5, 0.6) is 0 Å². The van der Waals surface area contributed by atoms with Gasteiger partial charge in [-0.05, 0) is 34.9 Å². The maximum Gasteiger partial charge on any atom is 0.270 e. The molecule has 1 aromatic heterocycles. The van der Waals surface area contributed by atoms with Crippen LogP contribution in [0.3, 0.4) is 0 Å². The third-order valence-corrected chi connectivity index (χ3v) is 4.79. The fraction of sp³-hybridized carbons (Fsp3) is 0.0833. The summed E-state index contributed by atoms with van der Waals surface area (Å²) < 4.78 is 0.767. The Bertz CT molecular complexity index is 739. The van der Waals surface area contributed by atoms with Gasteiger partial charge in [-0.15, -0.1) is 0 Å². The van der Waals surface area contributed by atoms with Gasteiger partial charge in [0.2, 0.25) is 0 Å². The number of nitrogens with zero attached hydrogens (tertiary/aromatic N) is 2. The van der Waals surface area contributed by atoms with E-state index in [2.05, 4.69) is 32.6 Å². The van der Waals surface area contributed by atoms with E-state index in [1.165, 1.54) is 11.8 Å². The molecule has 0 atom stereocenters. The molecule has 7 heteroatoms. The number of benzene rings is 1. The predicted octanol–water partition coefficient (Wildman–Crippen LogP) is 3.29. The van der Waals surface area contributed by atoms with E-state index in [0.29, 0.717) is 21.4 Å². The molecule has 0 unspecified atom stereocenters. The molecular weight excluding hydrogens is 397 g/mol. The molecule has 1 N–H and O–H groups in total. The van der Waals surface area contributed by atoms with Crippen LogP contribution >= 0.6 is 46.0 Å². The number of H-pyrrole nitrogens is 1. The highest BCUT2D eigenvalue weighted by atomic mass is 127. The number of aromatic amines is 1. The van der Waals surface area contributed by atoms with Gasteiger partial charge in [-0.3, -0.25) is 4.79 Å². The van der Waals surface area contributed by atoms with E-state index >= 15 is 0 Å². The van der Waals surface area contributed by atoms with Gasteiger partial charge < -0.3 is 4.98 Å². The lowest BCUT2D eigenvalue weighted by Crippen LogP contribution is -2.14. The van der Waals surface area contributed by atoms with Gasteiger partial charge in [-0.25, -0.2) is 4.98 Å². The Morgan fingerprint density at radius 3 is 2.89 bits per heavy atom. The standard InChI is InChI=1S/C12H7ClIN3OS/c1-19-12-16-10(7(5-15)11(18)17-12)6-3-2-4-8(13)9(6)14/h2-4H,1H3,(H,16,17,18). The first-order valence-corrected chi connectivity index (χ1v) is 7.79. The zero-order valence-corrected chi connectivity index (χ0v) is 13.4. The van der Waals surface area contributed by atoms with E-state index in [9.17, 15) is 4.79 Å². The summed E-state index contributed by atoms with van der Waals surface area (Å²) in [5.74, 6) is 0. The summed E-state index contributed by atoms with van der Waals surface area (Å²) in [6, 6.07) is 7.21. The zero-order valence-electron chi connectivity index (χ0n) is 9.70. The highest BCUT2D eigenvalue weighted by Gasteiger charge is 2.16. The fourth-order valence-electron chi connectivity index (χ4n) is 1.53. The van der Waals surface area contributed by atoms with Crippen molar-refractivity contribution in [2.75, 3.05) is 6.26 Å². The van der Waals surface area contributed by atoms with Crippen molar-refractivity contribution in [2.45, 2.75) is 5.16 Å². The van der Waals surface area contributed by atoms with Crippen LogP contribution in [0, 0.1) is 14.9 Å². The molecule has 0 aliphatic carbocycles. The van der Waals surface area contributed by atoms with Crippen LogP contribution < -0.4 is 5.56 Å². The average Bonchev–Trinajstić information content (AvgIpc) is 2.41. The summed E-state index contributed by atoms with van der Waals surface area (Å²) in [7, 11) is 0. The van der Waals surface area contributed by atoms with E-state index in [-0.39, 0.29) is 5.56 Å². The van der Waals surface area contributed by atoms with Gasteiger partial charge in [0, 0.05) is 9.13 Å². The molecule has 2 rings (SSSR count). The second kappa shape index (κ2) is 5.94. The Labute approximate surface area is 132 Å². The molecule has 0 fully saturated rings. The summed E-state index contributed by atoms with van der Waals surface area (Å²) in [6.45, 7) is 0. The monoisotopic (exact) mass is 403 g/mol. The molecule has 0 amide bonds. The first-order chi connectivity index (χ1) is 9.08. The lowest BCUT2D eigenvalue weighted by atomic mass is 10.1. The van der Waals surface area contributed by atoms with Crippen LogP contribution in [0.1, 0.15) is 5.56 Å². The molecule has 0 radical (unpaired) electrons. The summed E-state index contributed by atoms with van der Waals surface area (Å²) in [6.07, 6.45) is 1.80. The summed E-state index contributed by atoms with van der Waals surface area (Å²) in [5.41, 5.74) is 0.610. The van der Waals surface area contributed by atoms with Crippen LogP contribution in [0.4, 0.5) is 0 Å². The Balaban J connectivity index is 2.81. The second-order valence-corrected chi connectivity index (χ2v) is 5.79. The maximum atomic E-state index is 11.9. The number of hydrogen-bond acceptors (Lipinski definition) is 4. The second-order valence-electron chi connectivity index (χ2n) is 3.51. The van der Waals surface area contributed by atoms with Crippen LogP contribution in [0.25, 0.3) is 11.3 Å². The highest BCUT2D eigenvalue weighted by molar-refractivity contribution is 14.1. The molecule has 1 heterocycles. The lowest BCUT2D eigenvalue weighted by molar-refractivity contribution is 0.937. The van der Waals surface area contributed by atoms with E-state index in [0.717, 1.165) is 3.57 Å². The van der Waals surface area contributed by atoms with Gasteiger partial charge in [0.05, 0.1) is 10.7 Å². The lowest BCUT2D eigenvalue weighted by Gasteiger charge is -2.08. The molecule has 0 bridgehead atoms. The molecule has 0 aliphatic rings. The Hall–Kier alpha value is -1.04. The molecule has 0 saturated heterocycles. The molecule has 0 aliphatic heterocycles. The summed E-state index contributed by atoms with van der Waals surface area (Å²) >= 11 is 9.45. The molecule has 19 heavy (non-hydrogen) atoms. The van der Waals surface area contributed by atoms with Crippen LogP contribution in [0.2, 0.25) is 5.02 Å². The number of nitriles is 1. The van der Waals surface area contributed by atoms with Gasteiger partial charge in [-0.1, -0.05) is 35.5 Å². The Morgan fingerprint density at radius 2 is 2.26 bits per heavy atom. The van der Waals surface area contributed by atoms with E-state index < -0.39 is 5.56 Å². The van der Waals surface area contributed by atoms with Crippen molar-refractivity contribution in [3.05, 3.63) is 42.7 Å². The van der Waals surface area contributed by atoms with Crippen molar-refractivity contribution in [2.24, 2.45) is 0 Å². The molecule has 0 saturated carbocycles. The molecule has 1 aromatic carbocycles. The minimum atomic E-state index is -0.437. The number of rotatable bonds is 2. The van der Waals surface area contributed by atoms with E-state index in [1.807, 2.05) is 6.07 Å². The topological polar surface area (TPSA) is 69.5 Å². The number of aromatic nitrogens is 2. The van der Waals surface area contributed by atoms with Crippen LogP contribution in [-0.2, 0) is 0 Å². The largest absolute Gasteiger partial charge is 0.300 e. The average molecular weight is 404 g/mol. The SMILES string of the molecule is CSc1nc(-c2cccc(Cl)c2I)c(C#N)c(=O)[nH]1. The van der Waals surface area contributed by atoms with Crippen molar-refractivity contribution in [3.63, 3.8) is 0 Å². The van der Waals surface area contributed by atoms with Gasteiger partial charge in [0.15, 0.2) is 5.16 Å². The minimum absolute atomic E-state index is 0.00187. The van der Waals surface area contributed by atoms with Gasteiger partial charge in [0.1, 0.15) is 11.6 Å². The number of thioether (sulfide) groups is 1. The number of halogens is 2. The summed E-state index contributed by atoms with van der Waals surface area (Å²) in [4.78, 5) is 18.7. The number of nitrogens with one attached hydrogen (secondary N) is 1. The third-order valence-electron chi connectivity index (χ3n) is 2.41. The van der Waals surface area contributed by atoms with E-state index in [1.54, 1.807) is 24.5 Å². The Kier molecular flexibility index (Phi) is 4.50. The summed E-state index contributed by atoms with van der Waals surface area (Å²) in [5, 5.41) is 10.2. The Morgan fingerprint density at radius 1 is 1.53 bits per heavy atom. The molecule has 2 aromatic rings. The van der Waals surface area contributed by atoms with Gasteiger partial charge >= 0.3 is 0 Å². The third kappa shape index (κ3) is 2.78. The van der Waals surface area contributed by atoms with Crippen molar-refractivity contribution in [1.29, 1.82) is 5.26 Å². The molecule has 4 nitrogen and oxygen atoms in total. The molecule has 96 valence electrons. The fourth-order valence-corrected chi connectivity index (χ4v) is 2.70. The normalized spacial score (nSPS) is 10.2. The van der Waals surface area contributed by atoms with Crippen molar-refractivity contribution in [1.82, 2.24) is 9.97 Å². The zero-order chi connectivity index (χ0) is 14.0.